The lowest BCUT2D eigenvalue weighted by molar-refractivity contribution is -0.146. The van der Waals surface area contributed by atoms with Gasteiger partial charge in [-0.25, -0.2) is 0 Å². The molecule has 1 heterocycles. The fraction of sp³-hybridized carbons (Fsp3) is 0.500. The number of aliphatic carboxylic acids is 1. The van der Waals surface area contributed by atoms with Crippen molar-refractivity contribution in [2.75, 3.05) is 0 Å². The molecular formula is C10H13BrO3S. The van der Waals surface area contributed by atoms with Crippen molar-refractivity contribution < 1.29 is 15.0 Å². The molecular weight excluding hydrogens is 280 g/mol. The van der Waals surface area contributed by atoms with Gasteiger partial charge in [-0.3, -0.25) is 4.79 Å². The minimum Gasteiger partial charge on any atom is -0.481 e. The summed E-state index contributed by atoms with van der Waals surface area (Å²) < 4.78 is 0.877. The van der Waals surface area contributed by atoms with Crippen molar-refractivity contribution in [1.82, 2.24) is 0 Å². The summed E-state index contributed by atoms with van der Waals surface area (Å²) in [5, 5.41) is 20.7. The number of aliphatic hydroxyl groups is 1. The fourth-order valence-corrected chi connectivity index (χ4v) is 2.90. The summed E-state index contributed by atoms with van der Waals surface area (Å²) in [5.41, 5.74) is 0. The molecule has 1 aromatic heterocycles. The summed E-state index contributed by atoms with van der Waals surface area (Å²) in [4.78, 5) is 11.6. The minimum absolute atomic E-state index is 0.492. The van der Waals surface area contributed by atoms with Crippen molar-refractivity contribution in [3.8, 4) is 0 Å². The van der Waals surface area contributed by atoms with Crippen LogP contribution in [0.25, 0.3) is 0 Å². The summed E-state index contributed by atoms with van der Waals surface area (Å²) in [5.74, 6) is -1.64. The number of carbonyl (C=O) groups is 1. The van der Waals surface area contributed by atoms with E-state index < -0.39 is 18.0 Å². The summed E-state index contributed by atoms with van der Waals surface area (Å²) in [7, 11) is 0. The van der Waals surface area contributed by atoms with Crippen LogP contribution in [0.3, 0.4) is 0 Å². The molecule has 3 nitrogen and oxygen atoms in total. The molecule has 15 heavy (non-hydrogen) atoms. The van der Waals surface area contributed by atoms with Crippen molar-refractivity contribution in [2.45, 2.75) is 25.9 Å². The van der Waals surface area contributed by atoms with E-state index in [1.54, 1.807) is 6.07 Å². The average Bonchev–Trinajstić information content (AvgIpc) is 2.59. The Balaban J connectivity index is 2.80. The van der Waals surface area contributed by atoms with E-state index in [1.165, 1.54) is 11.3 Å². The zero-order valence-corrected chi connectivity index (χ0v) is 10.7. The Morgan fingerprint density at radius 3 is 2.73 bits per heavy atom. The predicted molar refractivity (Wildman–Crippen MR) is 63.0 cm³/mol. The Kier molecular flexibility index (Phi) is 4.76. The number of hydrogen-bond donors (Lipinski definition) is 2. The Bertz CT molecular complexity index is 337. The zero-order chi connectivity index (χ0) is 11.4. The van der Waals surface area contributed by atoms with E-state index in [1.807, 2.05) is 12.3 Å². The van der Waals surface area contributed by atoms with Crippen molar-refractivity contribution in [3.63, 3.8) is 0 Å². The monoisotopic (exact) mass is 292 g/mol. The first-order valence-corrected chi connectivity index (χ1v) is 6.38. The molecule has 0 saturated heterocycles. The zero-order valence-electron chi connectivity index (χ0n) is 8.31. The third kappa shape index (κ3) is 3.29. The Hall–Kier alpha value is -0.390. The Morgan fingerprint density at radius 2 is 2.33 bits per heavy atom. The highest BCUT2D eigenvalue weighted by atomic mass is 79.9. The van der Waals surface area contributed by atoms with Gasteiger partial charge in [0, 0.05) is 14.7 Å². The van der Waals surface area contributed by atoms with Gasteiger partial charge in [0.05, 0.1) is 5.92 Å². The minimum atomic E-state index is -0.936. The van der Waals surface area contributed by atoms with Crippen molar-refractivity contribution >= 4 is 33.2 Å². The van der Waals surface area contributed by atoms with Gasteiger partial charge in [-0.2, -0.15) is 0 Å². The highest BCUT2D eigenvalue weighted by molar-refractivity contribution is 9.10. The molecule has 0 aromatic carbocycles. The molecule has 1 aromatic rings. The van der Waals surface area contributed by atoms with Gasteiger partial charge >= 0.3 is 5.97 Å². The second-order valence-corrected chi connectivity index (χ2v) is 5.20. The molecule has 5 heteroatoms. The van der Waals surface area contributed by atoms with Crippen molar-refractivity contribution in [3.05, 3.63) is 20.8 Å². The lowest BCUT2D eigenvalue weighted by Crippen LogP contribution is -2.21. The number of carboxylic acid groups (broad SMARTS) is 1. The van der Waals surface area contributed by atoms with Crippen LogP contribution < -0.4 is 0 Å². The molecule has 0 bridgehead atoms. The molecule has 0 saturated carbocycles. The SMILES string of the molecule is CCCC(C(=O)O)C(O)c1cc(Br)cs1. The topological polar surface area (TPSA) is 57.5 Å². The van der Waals surface area contributed by atoms with Gasteiger partial charge < -0.3 is 10.2 Å². The standard InChI is InChI=1S/C10H13BrO3S/c1-2-3-7(10(13)14)9(12)8-4-6(11)5-15-8/h4-5,7,9,12H,2-3H2,1H3,(H,13,14). The first-order chi connectivity index (χ1) is 7.06. The van der Waals surface area contributed by atoms with E-state index in [2.05, 4.69) is 15.9 Å². The van der Waals surface area contributed by atoms with Crippen LogP contribution in [0, 0.1) is 5.92 Å². The lowest BCUT2D eigenvalue weighted by Gasteiger charge is -2.16. The molecule has 0 aliphatic rings. The van der Waals surface area contributed by atoms with Gasteiger partial charge in [-0.15, -0.1) is 11.3 Å². The Morgan fingerprint density at radius 1 is 1.67 bits per heavy atom. The third-order valence-corrected chi connectivity index (χ3v) is 3.94. The summed E-state index contributed by atoms with van der Waals surface area (Å²) in [6.07, 6.45) is 0.339. The van der Waals surface area contributed by atoms with Crippen LogP contribution >= 0.6 is 27.3 Å². The number of halogens is 1. The van der Waals surface area contributed by atoms with E-state index in [0.29, 0.717) is 11.3 Å². The molecule has 1 rings (SSSR count). The number of rotatable bonds is 5. The fourth-order valence-electron chi connectivity index (χ4n) is 1.41. The van der Waals surface area contributed by atoms with Gasteiger partial charge in [0.1, 0.15) is 6.10 Å². The maximum Gasteiger partial charge on any atom is 0.309 e. The molecule has 0 spiro atoms. The quantitative estimate of drug-likeness (QED) is 0.877. The van der Waals surface area contributed by atoms with E-state index in [9.17, 15) is 9.90 Å². The van der Waals surface area contributed by atoms with E-state index >= 15 is 0 Å². The summed E-state index contributed by atoms with van der Waals surface area (Å²) in [6, 6.07) is 1.76. The summed E-state index contributed by atoms with van der Waals surface area (Å²) in [6.45, 7) is 1.91. The van der Waals surface area contributed by atoms with Crippen LogP contribution in [0.4, 0.5) is 0 Å². The van der Waals surface area contributed by atoms with Crippen LogP contribution in [0.15, 0.2) is 15.9 Å². The Labute approximate surface area is 101 Å². The lowest BCUT2D eigenvalue weighted by atomic mass is 9.96. The number of hydrogen-bond acceptors (Lipinski definition) is 3. The molecule has 84 valence electrons. The first kappa shape index (κ1) is 12.7. The summed E-state index contributed by atoms with van der Waals surface area (Å²) >= 11 is 4.65. The molecule has 2 unspecified atom stereocenters. The highest BCUT2D eigenvalue weighted by Crippen LogP contribution is 2.32. The van der Waals surface area contributed by atoms with E-state index in [0.717, 1.165) is 10.9 Å². The molecule has 0 aliphatic heterocycles. The maximum absolute atomic E-state index is 10.9. The molecule has 0 aliphatic carbocycles. The van der Waals surface area contributed by atoms with Crippen molar-refractivity contribution in [1.29, 1.82) is 0 Å². The van der Waals surface area contributed by atoms with Crippen LogP contribution in [-0.4, -0.2) is 16.2 Å². The molecule has 2 N–H and O–H groups in total. The first-order valence-electron chi connectivity index (χ1n) is 4.71. The molecule has 0 amide bonds. The third-order valence-electron chi connectivity index (χ3n) is 2.18. The predicted octanol–water partition coefficient (Wildman–Crippen LogP) is 3.04. The molecule has 2 atom stereocenters. The average molecular weight is 293 g/mol. The van der Waals surface area contributed by atoms with Gasteiger partial charge in [0.25, 0.3) is 0 Å². The maximum atomic E-state index is 10.9. The van der Waals surface area contributed by atoms with Crippen LogP contribution in [-0.2, 0) is 4.79 Å². The highest BCUT2D eigenvalue weighted by Gasteiger charge is 2.27. The van der Waals surface area contributed by atoms with Gasteiger partial charge in [0.15, 0.2) is 0 Å². The number of thiophene rings is 1. The van der Waals surface area contributed by atoms with E-state index in [4.69, 9.17) is 5.11 Å². The van der Waals surface area contributed by atoms with Crippen molar-refractivity contribution in [2.24, 2.45) is 5.92 Å². The largest absolute Gasteiger partial charge is 0.481 e. The normalized spacial score (nSPS) is 14.9. The molecule has 0 radical (unpaired) electrons. The van der Waals surface area contributed by atoms with Crippen LogP contribution in [0.1, 0.15) is 30.7 Å². The van der Waals surface area contributed by atoms with Crippen LogP contribution in [0.2, 0.25) is 0 Å². The second kappa shape index (κ2) is 5.63. The van der Waals surface area contributed by atoms with Gasteiger partial charge in [0.2, 0.25) is 0 Å². The molecule has 0 fully saturated rings. The smallest absolute Gasteiger partial charge is 0.309 e. The number of carboxylic acids is 1. The van der Waals surface area contributed by atoms with Gasteiger partial charge in [-0.05, 0) is 28.4 Å². The van der Waals surface area contributed by atoms with Gasteiger partial charge in [-0.1, -0.05) is 13.3 Å². The number of aliphatic hydroxyl groups excluding tert-OH is 1. The van der Waals surface area contributed by atoms with Crippen LogP contribution in [0.5, 0.6) is 0 Å². The second-order valence-electron chi connectivity index (χ2n) is 3.35. The van der Waals surface area contributed by atoms with E-state index in [-0.39, 0.29) is 0 Å².